The summed E-state index contributed by atoms with van der Waals surface area (Å²) in [7, 11) is 0. The summed E-state index contributed by atoms with van der Waals surface area (Å²) in [6, 6.07) is 16.6. The molecule has 4 rings (SSSR count). The Labute approximate surface area is 337 Å². The number of amides is 2. The first kappa shape index (κ1) is 46.2. The molecule has 294 valence electrons. The monoisotopic (exact) mass is 818 g/mol. The highest BCUT2D eigenvalue weighted by molar-refractivity contribution is 7.59. The standard InChI is InChI=1S/C36H46N8O6S2.2H2S/c1-21(2)29(37)33(47)49-19-25(23-13-7-5-8-14-23)31(45)39-35-43-41-27(51-35)17-11-12-18-28-42-44-36(52-28)40-32(46)26(24-15-9-6-10-16-24)20-50-34(48)30(38)22(3)4;;/h5-10,13-16,21-22,25-26,29-30H,11-12,17-20,37-38H2,1-4H3,(H,39,43,45)(H,40,44,46);2*1H2/t25?,26?,29-,30-;;/m0../s1. The third kappa shape index (κ3) is 14.0. The average molecular weight is 819 g/mol. The fourth-order valence-electron chi connectivity index (χ4n) is 4.83. The number of nitrogens with one attached hydrogen (secondary N) is 2. The molecular weight excluding hydrogens is 769 g/mol. The zero-order valence-corrected chi connectivity index (χ0v) is 34.3. The minimum atomic E-state index is -0.780. The molecule has 0 spiro atoms. The van der Waals surface area contributed by atoms with Crippen LogP contribution in [0.3, 0.4) is 0 Å². The Morgan fingerprint density at radius 2 is 0.963 bits per heavy atom. The van der Waals surface area contributed by atoms with Crippen LogP contribution in [0.5, 0.6) is 0 Å². The molecule has 2 amide bonds. The predicted octanol–water partition coefficient (Wildman–Crippen LogP) is 4.68. The van der Waals surface area contributed by atoms with Gasteiger partial charge in [0.2, 0.25) is 22.1 Å². The number of rotatable bonds is 19. The van der Waals surface area contributed by atoms with E-state index in [9.17, 15) is 19.2 Å². The average Bonchev–Trinajstić information content (AvgIpc) is 3.79. The van der Waals surface area contributed by atoms with Gasteiger partial charge in [0.25, 0.3) is 0 Å². The van der Waals surface area contributed by atoms with E-state index in [0.717, 1.165) is 22.9 Å². The third-order valence-corrected chi connectivity index (χ3v) is 10.0. The molecule has 0 aliphatic carbocycles. The minimum absolute atomic E-state index is 0. The minimum Gasteiger partial charge on any atom is -0.463 e. The number of hydrogen-bond donors (Lipinski definition) is 4. The van der Waals surface area contributed by atoms with Crippen LogP contribution < -0.4 is 22.1 Å². The van der Waals surface area contributed by atoms with Crippen molar-refractivity contribution in [2.75, 3.05) is 23.8 Å². The number of carbonyl (C=O) groups excluding carboxylic acids is 4. The van der Waals surface area contributed by atoms with Gasteiger partial charge < -0.3 is 20.9 Å². The number of unbranched alkanes of at least 4 members (excludes halogenated alkanes) is 1. The van der Waals surface area contributed by atoms with E-state index < -0.39 is 35.9 Å². The quantitative estimate of drug-likeness (QED) is 0.0750. The van der Waals surface area contributed by atoms with Crippen LogP contribution in [-0.4, -0.2) is 69.4 Å². The van der Waals surface area contributed by atoms with Crippen molar-refractivity contribution >= 4 is 83.7 Å². The maximum absolute atomic E-state index is 13.3. The summed E-state index contributed by atoms with van der Waals surface area (Å²) in [6.07, 6.45) is 2.84. The van der Waals surface area contributed by atoms with E-state index >= 15 is 0 Å². The maximum atomic E-state index is 13.3. The van der Waals surface area contributed by atoms with Gasteiger partial charge in [0.05, 0.1) is 11.8 Å². The van der Waals surface area contributed by atoms with Crippen LogP contribution in [0, 0.1) is 11.8 Å². The second kappa shape index (κ2) is 23.1. The molecule has 0 saturated heterocycles. The van der Waals surface area contributed by atoms with Crippen molar-refractivity contribution in [3.8, 4) is 0 Å². The van der Waals surface area contributed by atoms with Crippen molar-refractivity contribution < 1.29 is 28.7 Å². The van der Waals surface area contributed by atoms with Crippen LogP contribution >= 0.6 is 49.7 Å². The zero-order chi connectivity index (χ0) is 37.6. The lowest BCUT2D eigenvalue weighted by atomic mass is 9.99. The number of carbonyl (C=O) groups is 4. The molecule has 54 heavy (non-hydrogen) atoms. The summed E-state index contributed by atoms with van der Waals surface area (Å²) in [5, 5.41) is 24.6. The first-order chi connectivity index (χ1) is 24.9. The summed E-state index contributed by atoms with van der Waals surface area (Å²) < 4.78 is 10.8. The van der Waals surface area contributed by atoms with Gasteiger partial charge in [0.1, 0.15) is 35.3 Å². The third-order valence-electron chi connectivity index (χ3n) is 8.23. The second-order valence-electron chi connectivity index (χ2n) is 12.9. The van der Waals surface area contributed by atoms with E-state index in [1.807, 2.05) is 64.1 Å². The fourth-order valence-corrected chi connectivity index (χ4v) is 6.40. The fraction of sp³-hybridized carbons (Fsp3) is 0.444. The Balaban J connectivity index is 0.00000504. The van der Waals surface area contributed by atoms with Crippen LogP contribution in [0.4, 0.5) is 10.3 Å². The number of esters is 2. The SMILES string of the molecule is CC(C)[C@H](N)C(=O)OCC(C(=O)Nc1nnc(CCCCc2nnc(NC(=O)C(COC(=O)[C@@H](N)C(C)C)c3ccccc3)s2)s1)c1ccccc1.S.S. The number of anilines is 2. The van der Waals surface area contributed by atoms with Crippen molar-refractivity contribution in [2.45, 2.75) is 77.3 Å². The van der Waals surface area contributed by atoms with Crippen LogP contribution in [0.1, 0.15) is 73.5 Å². The maximum Gasteiger partial charge on any atom is 0.323 e. The van der Waals surface area contributed by atoms with Gasteiger partial charge >= 0.3 is 11.9 Å². The lowest BCUT2D eigenvalue weighted by Crippen LogP contribution is -2.38. The van der Waals surface area contributed by atoms with Gasteiger partial charge in [-0.05, 0) is 35.8 Å². The van der Waals surface area contributed by atoms with Gasteiger partial charge in [-0.1, -0.05) is 111 Å². The van der Waals surface area contributed by atoms with Crippen molar-refractivity contribution in [3.63, 3.8) is 0 Å². The van der Waals surface area contributed by atoms with Crippen molar-refractivity contribution in [2.24, 2.45) is 23.3 Å². The number of nitrogens with zero attached hydrogens (tertiary/aromatic N) is 4. The molecule has 0 bridgehead atoms. The van der Waals surface area contributed by atoms with Crippen LogP contribution in [0.2, 0.25) is 0 Å². The van der Waals surface area contributed by atoms with E-state index in [1.165, 1.54) is 22.7 Å². The van der Waals surface area contributed by atoms with E-state index in [2.05, 4.69) is 31.0 Å². The van der Waals surface area contributed by atoms with Crippen LogP contribution in [0.25, 0.3) is 0 Å². The van der Waals surface area contributed by atoms with Crippen LogP contribution in [-0.2, 0) is 41.5 Å². The van der Waals surface area contributed by atoms with Gasteiger partial charge in [-0.2, -0.15) is 27.0 Å². The Morgan fingerprint density at radius 3 is 1.30 bits per heavy atom. The molecule has 0 fully saturated rings. The molecule has 0 aliphatic heterocycles. The van der Waals surface area contributed by atoms with E-state index in [0.29, 0.717) is 34.2 Å². The highest BCUT2D eigenvalue weighted by Crippen LogP contribution is 2.25. The predicted molar refractivity (Wildman–Crippen MR) is 220 cm³/mol. The summed E-state index contributed by atoms with van der Waals surface area (Å²) in [4.78, 5) is 51.3. The number of benzene rings is 2. The van der Waals surface area contributed by atoms with Gasteiger partial charge in [0, 0.05) is 12.8 Å². The topological polar surface area (TPSA) is 214 Å². The van der Waals surface area contributed by atoms with Crippen LogP contribution in [0.15, 0.2) is 60.7 Å². The molecule has 18 heteroatoms. The molecule has 14 nitrogen and oxygen atoms in total. The zero-order valence-electron chi connectivity index (χ0n) is 30.7. The first-order valence-corrected chi connectivity index (χ1v) is 18.8. The van der Waals surface area contributed by atoms with E-state index in [-0.39, 0.29) is 63.9 Å². The molecule has 6 N–H and O–H groups in total. The molecule has 2 aromatic heterocycles. The first-order valence-electron chi connectivity index (χ1n) is 17.1. The molecule has 2 unspecified atom stereocenters. The number of aryl methyl sites for hydroxylation is 2. The van der Waals surface area contributed by atoms with Crippen molar-refractivity contribution in [1.29, 1.82) is 0 Å². The number of ether oxygens (including phenoxy) is 2. The lowest BCUT2D eigenvalue weighted by molar-refractivity contribution is -0.148. The smallest absolute Gasteiger partial charge is 0.323 e. The van der Waals surface area contributed by atoms with Crippen molar-refractivity contribution in [3.05, 3.63) is 81.8 Å². The molecule has 0 saturated carbocycles. The molecule has 4 aromatic rings. The van der Waals surface area contributed by atoms with Crippen molar-refractivity contribution in [1.82, 2.24) is 20.4 Å². The van der Waals surface area contributed by atoms with E-state index in [1.54, 1.807) is 24.3 Å². The summed E-state index contributed by atoms with van der Waals surface area (Å²) in [5.74, 6) is -3.57. The van der Waals surface area contributed by atoms with E-state index in [4.69, 9.17) is 20.9 Å². The summed E-state index contributed by atoms with van der Waals surface area (Å²) in [5.41, 5.74) is 13.2. The second-order valence-corrected chi connectivity index (χ2v) is 15.0. The van der Waals surface area contributed by atoms with Gasteiger partial charge in [-0.3, -0.25) is 29.8 Å². The summed E-state index contributed by atoms with van der Waals surface area (Å²) in [6.45, 7) is 6.99. The number of aromatic nitrogens is 4. The van der Waals surface area contributed by atoms with Gasteiger partial charge in [-0.25, -0.2) is 0 Å². The van der Waals surface area contributed by atoms with Gasteiger partial charge in [0.15, 0.2) is 0 Å². The Hall–Kier alpha value is -3.94. The lowest BCUT2D eigenvalue weighted by Gasteiger charge is -2.19. The molecule has 2 heterocycles. The highest BCUT2D eigenvalue weighted by atomic mass is 32.1. The Kier molecular flexibility index (Phi) is 19.8. The number of hydrogen-bond acceptors (Lipinski definition) is 14. The largest absolute Gasteiger partial charge is 0.463 e. The van der Waals surface area contributed by atoms with Gasteiger partial charge in [-0.15, -0.1) is 20.4 Å². The molecule has 4 atom stereocenters. The Bertz CT molecular complexity index is 1630. The summed E-state index contributed by atoms with van der Waals surface area (Å²) >= 11 is 2.56. The molecular formula is C36H50N8O6S4. The number of nitrogens with two attached hydrogens (primary N) is 2. The Morgan fingerprint density at radius 1 is 0.611 bits per heavy atom. The highest BCUT2D eigenvalue weighted by Gasteiger charge is 2.28. The molecule has 0 aliphatic rings. The normalized spacial score (nSPS) is 13.1. The molecule has 0 radical (unpaired) electrons. The molecule has 2 aromatic carbocycles.